The second-order valence-corrected chi connectivity index (χ2v) is 3.99. The predicted octanol–water partition coefficient (Wildman–Crippen LogP) is 2.13. The van der Waals surface area contributed by atoms with E-state index in [2.05, 4.69) is 5.32 Å². The second kappa shape index (κ2) is 2.92. The molecule has 0 amide bonds. The van der Waals surface area contributed by atoms with Crippen molar-refractivity contribution in [3.63, 3.8) is 0 Å². The standard InChI is InChI=1S/C12H12FN/c13-10-1-2-11-9(6-10)5-8-3-4-14-7-12(8)11/h1-2,6,14H,3-5,7H2. The van der Waals surface area contributed by atoms with Gasteiger partial charge >= 0.3 is 0 Å². The maximum absolute atomic E-state index is 13.0. The molecule has 0 bridgehead atoms. The third-order valence-corrected chi connectivity index (χ3v) is 3.13. The largest absolute Gasteiger partial charge is 0.312 e. The van der Waals surface area contributed by atoms with E-state index in [1.807, 2.05) is 6.07 Å². The van der Waals surface area contributed by atoms with E-state index in [9.17, 15) is 4.39 Å². The number of fused-ring (bicyclic) bond motifs is 2. The maximum Gasteiger partial charge on any atom is 0.123 e. The predicted molar refractivity (Wildman–Crippen MR) is 54.5 cm³/mol. The molecule has 2 heteroatoms. The Morgan fingerprint density at radius 2 is 2.21 bits per heavy atom. The van der Waals surface area contributed by atoms with Crippen LogP contribution in [0.4, 0.5) is 4.39 Å². The normalized spacial score (nSPS) is 19.5. The summed E-state index contributed by atoms with van der Waals surface area (Å²) in [5.41, 5.74) is 5.34. The summed E-state index contributed by atoms with van der Waals surface area (Å²) in [5, 5.41) is 3.36. The number of rotatable bonds is 0. The van der Waals surface area contributed by atoms with Crippen LogP contribution in [0.15, 0.2) is 23.8 Å². The highest BCUT2D eigenvalue weighted by Crippen LogP contribution is 2.35. The van der Waals surface area contributed by atoms with E-state index >= 15 is 0 Å². The fraction of sp³-hybridized carbons (Fsp3) is 0.333. The van der Waals surface area contributed by atoms with Crippen molar-refractivity contribution in [3.8, 4) is 0 Å². The van der Waals surface area contributed by atoms with Crippen LogP contribution in [0.3, 0.4) is 0 Å². The van der Waals surface area contributed by atoms with Crippen LogP contribution in [-0.2, 0) is 6.42 Å². The van der Waals surface area contributed by atoms with E-state index in [1.54, 1.807) is 12.1 Å². The molecule has 0 unspecified atom stereocenters. The lowest BCUT2D eigenvalue weighted by Crippen LogP contribution is -2.22. The fourth-order valence-corrected chi connectivity index (χ4v) is 2.44. The van der Waals surface area contributed by atoms with Crippen molar-refractivity contribution in [2.45, 2.75) is 12.8 Å². The summed E-state index contributed by atoms with van der Waals surface area (Å²) in [7, 11) is 0. The molecule has 72 valence electrons. The molecule has 0 saturated carbocycles. The molecule has 0 atom stereocenters. The zero-order valence-electron chi connectivity index (χ0n) is 7.94. The van der Waals surface area contributed by atoms with E-state index < -0.39 is 0 Å². The highest BCUT2D eigenvalue weighted by atomic mass is 19.1. The van der Waals surface area contributed by atoms with Crippen LogP contribution >= 0.6 is 0 Å². The van der Waals surface area contributed by atoms with Gasteiger partial charge in [-0.05, 0) is 48.2 Å². The summed E-state index contributed by atoms with van der Waals surface area (Å²) in [6, 6.07) is 5.15. The van der Waals surface area contributed by atoms with Crippen molar-refractivity contribution in [2.24, 2.45) is 0 Å². The summed E-state index contributed by atoms with van der Waals surface area (Å²) in [5.74, 6) is -0.114. The van der Waals surface area contributed by atoms with Crippen LogP contribution in [0.25, 0.3) is 5.57 Å². The van der Waals surface area contributed by atoms with E-state index in [0.29, 0.717) is 0 Å². The molecular weight excluding hydrogens is 177 g/mol. The van der Waals surface area contributed by atoms with Crippen molar-refractivity contribution in [3.05, 3.63) is 40.7 Å². The number of benzene rings is 1. The SMILES string of the molecule is Fc1ccc2c(c1)CC1=C2CNCC1. The second-order valence-electron chi connectivity index (χ2n) is 3.99. The van der Waals surface area contributed by atoms with Crippen molar-refractivity contribution in [1.82, 2.24) is 5.32 Å². The Kier molecular flexibility index (Phi) is 1.71. The molecular formula is C12H12FN. The van der Waals surface area contributed by atoms with Gasteiger partial charge < -0.3 is 5.32 Å². The summed E-state index contributed by atoms with van der Waals surface area (Å²) in [6.45, 7) is 2.02. The fourth-order valence-electron chi connectivity index (χ4n) is 2.44. The minimum absolute atomic E-state index is 0.114. The first-order chi connectivity index (χ1) is 6.84. The molecule has 0 saturated heterocycles. The van der Waals surface area contributed by atoms with Crippen LogP contribution in [0.5, 0.6) is 0 Å². The lowest BCUT2D eigenvalue weighted by Gasteiger charge is -2.15. The summed E-state index contributed by atoms with van der Waals surface area (Å²) < 4.78 is 13.0. The molecule has 1 aliphatic heterocycles. The molecule has 0 aromatic heterocycles. The van der Waals surface area contributed by atoms with Gasteiger partial charge in [0.25, 0.3) is 0 Å². The monoisotopic (exact) mass is 189 g/mol. The molecule has 1 N–H and O–H groups in total. The average molecular weight is 189 g/mol. The first-order valence-electron chi connectivity index (χ1n) is 5.05. The molecule has 1 aromatic carbocycles. The summed E-state index contributed by atoms with van der Waals surface area (Å²) >= 11 is 0. The van der Waals surface area contributed by atoms with Crippen molar-refractivity contribution in [2.75, 3.05) is 13.1 Å². The number of hydrogen-bond donors (Lipinski definition) is 1. The third kappa shape index (κ3) is 1.11. The molecule has 1 aliphatic carbocycles. The molecule has 1 heterocycles. The quantitative estimate of drug-likeness (QED) is 0.659. The number of hydrogen-bond acceptors (Lipinski definition) is 1. The van der Waals surface area contributed by atoms with Crippen LogP contribution in [0.1, 0.15) is 17.5 Å². The Hall–Kier alpha value is -1.15. The van der Waals surface area contributed by atoms with Gasteiger partial charge in [0.1, 0.15) is 5.82 Å². The molecule has 0 spiro atoms. The Labute approximate surface area is 82.6 Å². The number of nitrogens with one attached hydrogen (secondary N) is 1. The van der Waals surface area contributed by atoms with E-state index in [0.717, 1.165) is 25.9 Å². The molecule has 2 aliphatic rings. The molecule has 3 rings (SSSR count). The van der Waals surface area contributed by atoms with Gasteiger partial charge in [-0.1, -0.05) is 11.6 Å². The van der Waals surface area contributed by atoms with Gasteiger partial charge in [0.15, 0.2) is 0 Å². The molecule has 1 aromatic rings. The van der Waals surface area contributed by atoms with Crippen LogP contribution < -0.4 is 5.32 Å². The zero-order chi connectivity index (χ0) is 9.54. The first kappa shape index (κ1) is 8.18. The van der Waals surface area contributed by atoms with Crippen LogP contribution in [0.2, 0.25) is 0 Å². The lowest BCUT2D eigenvalue weighted by atomic mass is 10.0. The van der Waals surface area contributed by atoms with Gasteiger partial charge in [0, 0.05) is 6.54 Å². The minimum Gasteiger partial charge on any atom is -0.312 e. The first-order valence-corrected chi connectivity index (χ1v) is 5.05. The Morgan fingerprint density at radius 3 is 3.14 bits per heavy atom. The van der Waals surface area contributed by atoms with Crippen LogP contribution in [-0.4, -0.2) is 13.1 Å². The summed E-state index contributed by atoms with van der Waals surface area (Å²) in [6.07, 6.45) is 2.08. The smallest absolute Gasteiger partial charge is 0.123 e. The van der Waals surface area contributed by atoms with Gasteiger partial charge in [0.2, 0.25) is 0 Å². The highest BCUT2D eigenvalue weighted by molar-refractivity contribution is 5.78. The van der Waals surface area contributed by atoms with E-state index in [-0.39, 0.29) is 5.82 Å². The Morgan fingerprint density at radius 1 is 1.29 bits per heavy atom. The molecule has 14 heavy (non-hydrogen) atoms. The number of halogens is 1. The molecule has 0 fully saturated rings. The van der Waals surface area contributed by atoms with Crippen molar-refractivity contribution < 1.29 is 4.39 Å². The van der Waals surface area contributed by atoms with Crippen molar-refractivity contribution in [1.29, 1.82) is 0 Å². The maximum atomic E-state index is 13.0. The lowest BCUT2D eigenvalue weighted by molar-refractivity contribution is 0.626. The van der Waals surface area contributed by atoms with E-state index in [1.165, 1.54) is 22.3 Å². The molecule has 1 nitrogen and oxygen atoms in total. The van der Waals surface area contributed by atoms with Crippen molar-refractivity contribution >= 4 is 5.57 Å². The highest BCUT2D eigenvalue weighted by Gasteiger charge is 2.23. The Balaban J connectivity index is 2.10. The topological polar surface area (TPSA) is 12.0 Å². The molecule has 0 radical (unpaired) electrons. The van der Waals surface area contributed by atoms with E-state index in [4.69, 9.17) is 0 Å². The summed E-state index contributed by atoms with van der Waals surface area (Å²) in [4.78, 5) is 0. The van der Waals surface area contributed by atoms with Gasteiger partial charge in [0.05, 0.1) is 0 Å². The zero-order valence-corrected chi connectivity index (χ0v) is 7.94. The van der Waals surface area contributed by atoms with Gasteiger partial charge in [-0.3, -0.25) is 0 Å². The van der Waals surface area contributed by atoms with Crippen LogP contribution in [0, 0.1) is 5.82 Å². The Bertz CT molecular complexity index is 420. The van der Waals surface area contributed by atoms with Gasteiger partial charge in [-0.2, -0.15) is 0 Å². The third-order valence-electron chi connectivity index (χ3n) is 3.13. The van der Waals surface area contributed by atoms with Gasteiger partial charge in [-0.25, -0.2) is 4.39 Å². The minimum atomic E-state index is -0.114. The average Bonchev–Trinajstić information content (AvgIpc) is 2.54. The van der Waals surface area contributed by atoms with Gasteiger partial charge in [-0.15, -0.1) is 0 Å².